The van der Waals surface area contributed by atoms with Crippen LogP contribution >= 0.6 is 0 Å². The van der Waals surface area contributed by atoms with E-state index >= 15 is 0 Å². The summed E-state index contributed by atoms with van der Waals surface area (Å²) >= 11 is 0. The SMILES string of the molecule is COC(=O)C1C(=NNC(=O)c2ccccc2)CC(C)(O)CC1c1ccccc1. The van der Waals surface area contributed by atoms with E-state index < -0.39 is 17.5 Å². The number of hydrogen-bond acceptors (Lipinski definition) is 5. The Hall–Kier alpha value is -2.99. The van der Waals surface area contributed by atoms with Gasteiger partial charge in [0.2, 0.25) is 0 Å². The number of aliphatic hydroxyl groups is 1. The first-order chi connectivity index (χ1) is 13.4. The Bertz CT molecular complexity index is 863. The van der Waals surface area contributed by atoms with Crippen LogP contribution in [0.15, 0.2) is 65.8 Å². The standard InChI is InChI=1S/C22H24N2O4/c1-22(27)13-17(15-9-5-3-6-10-15)19(21(26)28-2)18(14-22)23-24-20(25)16-11-7-4-8-12-16/h3-12,17,19,27H,13-14H2,1-2H3,(H,24,25). The van der Waals surface area contributed by atoms with Gasteiger partial charge < -0.3 is 9.84 Å². The van der Waals surface area contributed by atoms with E-state index in [4.69, 9.17) is 4.74 Å². The highest BCUT2D eigenvalue weighted by atomic mass is 16.5. The second kappa shape index (κ2) is 8.35. The molecule has 2 aromatic rings. The number of amides is 1. The molecule has 0 heterocycles. The van der Waals surface area contributed by atoms with E-state index in [1.54, 1.807) is 31.2 Å². The molecule has 1 fully saturated rings. The summed E-state index contributed by atoms with van der Waals surface area (Å²) in [5.41, 5.74) is 3.25. The summed E-state index contributed by atoms with van der Waals surface area (Å²) in [5, 5.41) is 15.0. The number of carbonyl (C=O) groups excluding carboxylic acids is 2. The van der Waals surface area contributed by atoms with Crippen molar-refractivity contribution in [3.63, 3.8) is 0 Å². The lowest BCUT2D eigenvalue weighted by Gasteiger charge is -2.39. The minimum absolute atomic E-state index is 0.172. The van der Waals surface area contributed by atoms with Crippen LogP contribution in [-0.4, -0.2) is 35.4 Å². The Labute approximate surface area is 164 Å². The predicted octanol–water partition coefficient (Wildman–Crippen LogP) is 2.89. The van der Waals surface area contributed by atoms with Crippen molar-refractivity contribution < 1.29 is 19.4 Å². The molecule has 2 aromatic carbocycles. The summed E-state index contributed by atoms with van der Waals surface area (Å²) in [4.78, 5) is 24.9. The number of carbonyl (C=O) groups is 2. The molecule has 0 saturated heterocycles. The maximum Gasteiger partial charge on any atom is 0.315 e. The number of esters is 1. The Morgan fingerprint density at radius 2 is 1.71 bits per heavy atom. The Morgan fingerprint density at radius 3 is 2.32 bits per heavy atom. The quantitative estimate of drug-likeness (QED) is 0.631. The van der Waals surface area contributed by atoms with Gasteiger partial charge in [0.05, 0.1) is 18.4 Å². The minimum atomic E-state index is -1.05. The zero-order chi connectivity index (χ0) is 20.1. The molecule has 6 heteroatoms. The van der Waals surface area contributed by atoms with Gasteiger partial charge in [-0.3, -0.25) is 9.59 Å². The molecule has 0 spiro atoms. The normalized spacial score (nSPS) is 25.9. The fourth-order valence-electron chi connectivity index (χ4n) is 3.72. The summed E-state index contributed by atoms with van der Waals surface area (Å²) in [7, 11) is 1.33. The number of benzene rings is 2. The largest absolute Gasteiger partial charge is 0.468 e. The number of nitrogens with zero attached hydrogens (tertiary/aromatic N) is 1. The van der Waals surface area contributed by atoms with E-state index in [0.717, 1.165) is 5.56 Å². The molecule has 1 aliphatic carbocycles. The predicted molar refractivity (Wildman–Crippen MR) is 106 cm³/mol. The first-order valence-corrected chi connectivity index (χ1v) is 9.18. The number of hydrogen-bond donors (Lipinski definition) is 2. The van der Waals surface area contributed by atoms with E-state index in [9.17, 15) is 14.7 Å². The Balaban J connectivity index is 1.94. The Morgan fingerprint density at radius 1 is 1.11 bits per heavy atom. The minimum Gasteiger partial charge on any atom is -0.468 e. The third kappa shape index (κ3) is 4.46. The van der Waals surface area contributed by atoms with Gasteiger partial charge in [0.25, 0.3) is 5.91 Å². The van der Waals surface area contributed by atoms with Gasteiger partial charge >= 0.3 is 5.97 Å². The number of nitrogens with one attached hydrogen (secondary N) is 1. The second-order valence-corrected chi connectivity index (χ2v) is 7.31. The van der Waals surface area contributed by atoms with Crippen molar-refractivity contribution in [2.45, 2.75) is 31.3 Å². The molecule has 0 radical (unpaired) electrons. The highest BCUT2D eigenvalue weighted by Crippen LogP contribution is 2.41. The lowest BCUT2D eigenvalue weighted by molar-refractivity contribution is -0.144. The summed E-state index contributed by atoms with van der Waals surface area (Å²) in [6, 6.07) is 18.2. The van der Waals surface area contributed by atoms with Crippen LogP contribution in [0.2, 0.25) is 0 Å². The summed E-state index contributed by atoms with van der Waals surface area (Å²) in [6.45, 7) is 1.71. The van der Waals surface area contributed by atoms with Crippen molar-refractivity contribution in [1.29, 1.82) is 0 Å². The monoisotopic (exact) mass is 380 g/mol. The number of ether oxygens (including phenoxy) is 1. The maximum atomic E-state index is 12.6. The lowest BCUT2D eigenvalue weighted by Crippen LogP contribution is -2.46. The molecular formula is C22H24N2O4. The van der Waals surface area contributed by atoms with Gasteiger partial charge in [-0.25, -0.2) is 5.43 Å². The van der Waals surface area contributed by atoms with Gasteiger partial charge in [-0.15, -0.1) is 0 Å². The smallest absolute Gasteiger partial charge is 0.315 e. The fraction of sp³-hybridized carbons (Fsp3) is 0.318. The van der Waals surface area contributed by atoms with Crippen LogP contribution < -0.4 is 5.43 Å². The summed E-state index contributed by atoms with van der Waals surface area (Å²) in [6.07, 6.45) is 0.563. The molecule has 1 saturated carbocycles. The number of hydrazone groups is 1. The van der Waals surface area contributed by atoms with Gasteiger partial charge in [0, 0.05) is 17.9 Å². The fourth-order valence-corrected chi connectivity index (χ4v) is 3.72. The molecule has 28 heavy (non-hydrogen) atoms. The zero-order valence-corrected chi connectivity index (χ0v) is 16.0. The van der Waals surface area contributed by atoms with Crippen LogP contribution in [0.1, 0.15) is 41.6 Å². The molecule has 0 aliphatic heterocycles. The van der Waals surface area contributed by atoms with Crippen molar-refractivity contribution in [3.05, 3.63) is 71.8 Å². The van der Waals surface area contributed by atoms with Crippen molar-refractivity contribution in [1.82, 2.24) is 5.43 Å². The molecule has 3 unspecified atom stereocenters. The molecule has 146 valence electrons. The van der Waals surface area contributed by atoms with Crippen LogP contribution in [0.3, 0.4) is 0 Å². The van der Waals surface area contributed by atoms with Crippen molar-refractivity contribution >= 4 is 17.6 Å². The van der Waals surface area contributed by atoms with Crippen LogP contribution in [0, 0.1) is 5.92 Å². The molecule has 3 rings (SSSR count). The topological polar surface area (TPSA) is 88.0 Å². The zero-order valence-electron chi connectivity index (χ0n) is 16.0. The molecule has 2 N–H and O–H groups in total. The van der Waals surface area contributed by atoms with Crippen molar-refractivity contribution in [2.24, 2.45) is 11.0 Å². The molecule has 1 aliphatic rings. The van der Waals surface area contributed by atoms with Crippen molar-refractivity contribution in [2.75, 3.05) is 7.11 Å². The lowest BCUT2D eigenvalue weighted by atomic mass is 9.68. The molecular weight excluding hydrogens is 356 g/mol. The van der Waals surface area contributed by atoms with Crippen LogP contribution in [0.25, 0.3) is 0 Å². The highest BCUT2D eigenvalue weighted by Gasteiger charge is 2.45. The molecule has 6 nitrogen and oxygen atoms in total. The highest BCUT2D eigenvalue weighted by molar-refractivity contribution is 6.05. The molecule has 1 amide bonds. The third-order valence-corrected chi connectivity index (χ3v) is 5.00. The van der Waals surface area contributed by atoms with Crippen LogP contribution in [-0.2, 0) is 9.53 Å². The van der Waals surface area contributed by atoms with Crippen LogP contribution in [0.5, 0.6) is 0 Å². The Kier molecular flexibility index (Phi) is 5.90. The molecule has 0 aromatic heterocycles. The number of methoxy groups -OCH3 is 1. The van der Waals surface area contributed by atoms with E-state index in [1.807, 2.05) is 36.4 Å². The van der Waals surface area contributed by atoms with Crippen LogP contribution in [0.4, 0.5) is 0 Å². The summed E-state index contributed by atoms with van der Waals surface area (Å²) in [5.74, 6) is -1.79. The van der Waals surface area contributed by atoms with Gasteiger partial charge in [-0.2, -0.15) is 5.10 Å². The van der Waals surface area contributed by atoms with Gasteiger partial charge in [0.1, 0.15) is 5.92 Å². The molecule has 3 atom stereocenters. The van der Waals surface area contributed by atoms with E-state index in [0.29, 0.717) is 17.7 Å². The van der Waals surface area contributed by atoms with Crippen molar-refractivity contribution in [3.8, 4) is 0 Å². The molecule has 0 bridgehead atoms. The second-order valence-electron chi connectivity index (χ2n) is 7.31. The summed E-state index contributed by atoms with van der Waals surface area (Å²) < 4.78 is 5.02. The van der Waals surface area contributed by atoms with E-state index in [1.165, 1.54) is 7.11 Å². The van der Waals surface area contributed by atoms with Gasteiger partial charge in [0.15, 0.2) is 0 Å². The average molecular weight is 380 g/mol. The van der Waals surface area contributed by atoms with E-state index in [2.05, 4.69) is 10.5 Å². The van der Waals surface area contributed by atoms with Gasteiger partial charge in [-0.1, -0.05) is 48.5 Å². The first kappa shape index (κ1) is 19.8. The number of rotatable bonds is 4. The van der Waals surface area contributed by atoms with E-state index in [-0.39, 0.29) is 18.2 Å². The van der Waals surface area contributed by atoms with Gasteiger partial charge in [-0.05, 0) is 31.0 Å². The third-order valence-electron chi connectivity index (χ3n) is 5.00. The average Bonchev–Trinajstić information content (AvgIpc) is 2.71. The maximum absolute atomic E-state index is 12.6. The first-order valence-electron chi connectivity index (χ1n) is 9.18.